The molecule has 0 aliphatic heterocycles. The summed E-state index contributed by atoms with van der Waals surface area (Å²) in [5, 5.41) is 10.8. The second-order valence-electron chi connectivity index (χ2n) is 7.99. The van der Waals surface area contributed by atoms with Crippen LogP contribution in [0.1, 0.15) is 36.9 Å². The van der Waals surface area contributed by atoms with E-state index in [4.69, 9.17) is 4.74 Å². The van der Waals surface area contributed by atoms with Crippen LogP contribution in [0.25, 0.3) is 11.4 Å². The number of carbonyl (C=O) groups excluding carboxylic acids is 1. The van der Waals surface area contributed by atoms with E-state index in [0.717, 1.165) is 5.75 Å². The van der Waals surface area contributed by atoms with Crippen molar-refractivity contribution in [3.05, 3.63) is 76.0 Å². The van der Waals surface area contributed by atoms with Gasteiger partial charge in [0.05, 0.1) is 6.61 Å². The van der Waals surface area contributed by atoms with Gasteiger partial charge in [0.2, 0.25) is 5.91 Å². The molecule has 1 saturated carbocycles. The van der Waals surface area contributed by atoms with Crippen LogP contribution in [0.3, 0.4) is 0 Å². The van der Waals surface area contributed by atoms with Gasteiger partial charge in [0, 0.05) is 24.9 Å². The summed E-state index contributed by atoms with van der Waals surface area (Å²) in [6.07, 6.45) is 3.93. The van der Waals surface area contributed by atoms with Gasteiger partial charge in [-0.25, -0.2) is 4.39 Å². The molecular weight excluding hydrogens is 411 g/mol. The zero-order chi connectivity index (χ0) is 22.3. The van der Waals surface area contributed by atoms with Gasteiger partial charge < -0.3 is 15.0 Å². The molecule has 1 fully saturated rings. The van der Waals surface area contributed by atoms with Gasteiger partial charge in [-0.15, -0.1) is 10.2 Å². The highest BCUT2D eigenvalue weighted by molar-refractivity contribution is 5.76. The molecule has 2 aromatic carbocycles. The van der Waals surface area contributed by atoms with Crippen LogP contribution in [0.4, 0.5) is 4.39 Å². The van der Waals surface area contributed by atoms with E-state index in [0.29, 0.717) is 29.5 Å². The first-order valence-electron chi connectivity index (χ1n) is 10.8. The van der Waals surface area contributed by atoms with Crippen LogP contribution in [0.15, 0.2) is 53.3 Å². The molecule has 0 radical (unpaired) electrons. The molecule has 3 aromatic rings. The first-order chi connectivity index (χ1) is 15.6. The maximum atomic E-state index is 13.2. The molecule has 1 aliphatic carbocycles. The number of rotatable bonds is 9. The van der Waals surface area contributed by atoms with Crippen molar-refractivity contribution in [2.75, 3.05) is 6.61 Å². The summed E-state index contributed by atoms with van der Waals surface area (Å²) in [5.41, 5.74) is 1.18. The summed E-state index contributed by atoms with van der Waals surface area (Å²) < 4.78 is 19.0. The minimum absolute atomic E-state index is 0.0803. The Kier molecular flexibility index (Phi) is 6.89. The van der Waals surface area contributed by atoms with E-state index in [1.165, 1.54) is 31.4 Å². The quantitative estimate of drug-likeness (QED) is 0.536. The monoisotopic (exact) mass is 436 g/mol. The standard InChI is InChI=1S/C24H25FN4O3/c25-19-8-2-6-17(12-19)14-26-22(30)11-10-21-24(31)27-23(29-28-21)18-7-3-9-20(13-18)32-15-16-4-1-5-16/h2-3,6-9,12-13,16H,1,4-5,10-11,14-15H2,(H,26,30)(H,27,29,31). The first-order valence-corrected chi connectivity index (χ1v) is 10.8. The third-order valence-electron chi connectivity index (χ3n) is 5.55. The van der Waals surface area contributed by atoms with Crippen molar-refractivity contribution in [2.24, 2.45) is 5.92 Å². The number of halogens is 1. The number of aryl methyl sites for hydroxylation is 1. The summed E-state index contributed by atoms with van der Waals surface area (Å²) in [6.45, 7) is 0.919. The molecule has 0 spiro atoms. The van der Waals surface area contributed by atoms with Crippen molar-refractivity contribution >= 4 is 5.91 Å². The smallest absolute Gasteiger partial charge is 0.273 e. The number of benzene rings is 2. The van der Waals surface area contributed by atoms with Gasteiger partial charge in [-0.05, 0) is 48.6 Å². The molecule has 1 aliphatic rings. The average molecular weight is 436 g/mol. The van der Waals surface area contributed by atoms with Crippen molar-refractivity contribution in [3.8, 4) is 17.1 Å². The second kappa shape index (κ2) is 10.2. The minimum atomic E-state index is -0.381. The van der Waals surface area contributed by atoms with Gasteiger partial charge in [0.25, 0.3) is 5.56 Å². The predicted octanol–water partition coefficient (Wildman–Crippen LogP) is 3.40. The number of ether oxygens (including phenoxy) is 1. The lowest BCUT2D eigenvalue weighted by molar-refractivity contribution is -0.121. The van der Waals surface area contributed by atoms with Crippen molar-refractivity contribution in [1.82, 2.24) is 20.5 Å². The zero-order valence-corrected chi connectivity index (χ0v) is 17.6. The maximum absolute atomic E-state index is 13.2. The van der Waals surface area contributed by atoms with E-state index in [9.17, 15) is 14.0 Å². The molecule has 0 bridgehead atoms. The predicted molar refractivity (Wildman–Crippen MR) is 117 cm³/mol. The molecule has 1 aromatic heterocycles. The Balaban J connectivity index is 1.32. The fraction of sp³-hybridized carbons (Fsp3) is 0.333. The Hall–Kier alpha value is -3.55. The molecule has 8 heteroatoms. The lowest BCUT2D eigenvalue weighted by Gasteiger charge is -2.25. The first kappa shape index (κ1) is 21.7. The molecule has 32 heavy (non-hydrogen) atoms. The fourth-order valence-electron chi connectivity index (χ4n) is 3.43. The number of nitrogens with zero attached hydrogens (tertiary/aromatic N) is 2. The molecule has 0 saturated heterocycles. The molecule has 4 rings (SSSR count). The van der Waals surface area contributed by atoms with E-state index in [-0.39, 0.29) is 42.4 Å². The molecule has 0 unspecified atom stereocenters. The number of carbonyl (C=O) groups is 1. The Labute approximate surface area is 185 Å². The Morgan fingerprint density at radius 3 is 2.75 bits per heavy atom. The molecule has 1 amide bonds. The van der Waals surface area contributed by atoms with Crippen LogP contribution in [0.2, 0.25) is 0 Å². The largest absolute Gasteiger partial charge is 0.493 e. The lowest BCUT2D eigenvalue weighted by Crippen LogP contribution is -2.25. The summed E-state index contributed by atoms with van der Waals surface area (Å²) in [5.74, 6) is 1.10. The van der Waals surface area contributed by atoms with Gasteiger partial charge in [0.1, 0.15) is 17.3 Å². The number of H-pyrrole nitrogens is 1. The van der Waals surface area contributed by atoms with Gasteiger partial charge in [0.15, 0.2) is 5.82 Å². The Morgan fingerprint density at radius 1 is 1.16 bits per heavy atom. The maximum Gasteiger partial charge on any atom is 0.273 e. The van der Waals surface area contributed by atoms with Crippen molar-refractivity contribution in [3.63, 3.8) is 0 Å². The third kappa shape index (κ3) is 5.78. The van der Waals surface area contributed by atoms with Crippen LogP contribution in [0.5, 0.6) is 5.75 Å². The molecule has 2 N–H and O–H groups in total. The summed E-state index contributed by atoms with van der Waals surface area (Å²) >= 11 is 0. The van der Waals surface area contributed by atoms with Gasteiger partial charge in [-0.2, -0.15) is 0 Å². The zero-order valence-electron chi connectivity index (χ0n) is 17.6. The molecular formula is C24H25FN4O3. The number of nitrogens with one attached hydrogen (secondary N) is 2. The van der Waals surface area contributed by atoms with Crippen LogP contribution in [-0.2, 0) is 17.8 Å². The van der Waals surface area contributed by atoms with E-state index < -0.39 is 0 Å². The van der Waals surface area contributed by atoms with Crippen molar-refractivity contribution in [2.45, 2.75) is 38.6 Å². The topological polar surface area (TPSA) is 97.0 Å². The van der Waals surface area contributed by atoms with E-state index >= 15 is 0 Å². The number of hydrogen-bond acceptors (Lipinski definition) is 5. The van der Waals surface area contributed by atoms with Crippen LogP contribution < -0.4 is 15.6 Å². The molecule has 1 heterocycles. The number of aromatic nitrogens is 3. The highest BCUT2D eigenvalue weighted by atomic mass is 19.1. The lowest BCUT2D eigenvalue weighted by atomic mass is 9.86. The highest BCUT2D eigenvalue weighted by Gasteiger charge is 2.18. The average Bonchev–Trinajstić information content (AvgIpc) is 2.76. The minimum Gasteiger partial charge on any atom is -0.493 e. The molecule has 0 atom stereocenters. The van der Waals surface area contributed by atoms with Crippen LogP contribution >= 0.6 is 0 Å². The van der Waals surface area contributed by atoms with E-state index in [1.807, 2.05) is 24.3 Å². The number of amides is 1. The highest BCUT2D eigenvalue weighted by Crippen LogP contribution is 2.28. The van der Waals surface area contributed by atoms with Gasteiger partial charge in [-0.3, -0.25) is 9.59 Å². The normalized spacial score (nSPS) is 13.4. The summed E-state index contributed by atoms with van der Waals surface area (Å²) in [7, 11) is 0. The van der Waals surface area contributed by atoms with Crippen molar-refractivity contribution in [1.29, 1.82) is 0 Å². The second-order valence-corrected chi connectivity index (χ2v) is 7.99. The SMILES string of the molecule is O=C(CCc1nnc(-c2cccc(OCC3CCC3)c2)[nH]c1=O)NCc1cccc(F)c1. The van der Waals surface area contributed by atoms with Crippen LogP contribution in [-0.4, -0.2) is 27.7 Å². The van der Waals surface area contributed by atoms with Gasteiger partial charge >= 0.3 is 0 Å². The Morgan fingerprint density at radius 2 is 2.00 bits per heavy atom. The number of hydrogen-bond donors (Lipinski definition) is 2. The van der Waals surface area contributed by atoms with Crippen LogP contribution in [0, 0.1) is 11.7 Å². The summed E-state index contributed by atoms with van der Waals surface area (Å²) in [6, 6.07) is 13.4. The van der Waals surface area contributed by atoms with E-state index in [2.05, 4.69) is 20.5 Å². The van der Waals surface area contributed by atoms with Crippen molar-refractivity contribution < 1.29 is 13.9 Å². The molecule has 166 valence electrons. The van der Waals surface area contributed by atoms with Gasteiger partial charge in [-0.1, -0.05) is 30.7 Å². The number of aromatic amines is 1. The third-order valence-corrected chi connectivity index (χ3v) is 5.55. The fourth-order valence-corrected chi connectivity index (χ4v) is 3.43. The van der Waals surface area contributed by atoms with E-state index in [1.54, 1.807) is 12.1 Å². The Bertz CT molecular complexity index is 1140. The summed E-state index contributed by atoms with van der Waals surface area (Å²) in [4.78, 5) is 27.2. The molecule has 7 nitrogen and oxygen atoms in total.